The normalized spacial score (nSPS) is 12.2. The van der Waals surface area contributed by atoms with E-state index in [1.54, 1.807) is 0 Å². The first-order valence-electron chi connectivity index (χ1n) is 5.95. The predicted octanol–water partition coefficient (Wildman–Crippen LogP) is 3.19. The van der Waals surface area contributed by atoms with E-state index in [2.05, 4.69) is 13.8 Å². The average Bonchev–Trinajstić information content (AvgIpc) is 2.35. The highest BCUT2D eigenvalue weighted by Gasteiger charge is 2.11. The van der Waals surface area contributed by atoms with Crippen LogP contribution in [0.5, 0.6) is 0 Å². The van der Waals surface area contributed by atoms with E-state index in [9.17, 15) is 4.79 Å². The molecular weight excluding hydrogens is 198 g/mol. The molecule has 0 aliphatic heterocycles. The van der Waals surface area contributed by atoms with Crippen molar-refractivity contribution in [1.29, 1.82) is 0 Å². The summed E-state index contributed by atoms with van der Waals surface area (Å²) in [5.74, 6) is 0.801. The molecule has 0 saturated heterocycles. The van der Waals surface area contributed by atoms with E-state index in [1.807, 2.05) is 42.3 Å². The van der Waals surface area contributed by atoms with Gasteiger partial charge in [0, 0.05) is 19.2 Å². The van der Waals surface area contributed by atoms with Crippen LogP contribution >= 0.6 is 0 Å². The highest BCUT2D eigenvalue weighted by molar-refractivity contribution is 5.93. The van der Waals surface area contributed by atoms with E-state index in [1.165, 1.54) is 6.42 Å². The van der Waals surface area contributed by atoms with Crippen LogP contribution in [0, 0.1) is 5.92 Å². The first-order valence-corrected chi connectivity index (χ1v) is 5.95. The van der Waals surface area contributed by atoms with Gasteiger partial charge in [-0.3, -0.25) is 4.79 Å². The number of nitrogens with zero attached hydrogens (tertiary/aromatic N) is 1. The number of hydrogen-bond donors (Lipinski definition) is 0. The zero-order valence-electron chi connectivity index (χ0n) is 10.4. The average molecular weight is 219 g/mol. The van der Waals surface area contributed by atoms with Crippen LogP contribution in [-0.4, -0.2) is 24.4 Å². The lowest BCUT2D eigenvalue weighted by Gasteiger charge is -2.19. The third kappa shape index (κ3) is 3.69. The second-order valence-electron chi connectivity index (χ2n) is 4.39. The molecular formula is C14H21NO. The number of rotatable bonds is 5. The minimum Gasteiger partial charge on any atom is -0.342 e. The molecule has 0 bridgehead atoms. The van der Waals surface area contributed by atoms with Crippen LogP contribution < -0.4 is 0 Å². The standard InChI is InChI=1S/C14H21NO/c1-4-12(2)10-11-15(3)14(16)13-8-6-5-7-9-13/h5-9,12H,4,10-11H2,1-3H3. The van der Waals surface area contributed by atoms with Gasteiger partial charge in [0.25, 0.3) is 5.91 Å². The molecule has 0 aromatic heterocycles. The summed E-state index contributed by atoms with van der Waals surface area (Å²) in [6.07, 6.45) is 2.25. The van der Waals surface area contributed by atoms with Crippen molar-refractivity contribution in [2.24, 2.45) is 5.92 Å². The topological polar surface area (TPSA) is 20.3 Å². The Morgan fingerprint density at radius 1 is 1.31 bits per heavy atom. The highest BCUT2D eigenvalue weighted by Crippen LogP contribution is 2.09. The molecule has 2 nitrogen and oxygen atoms in total. The van der Waals surface area contributed by atoms with Crippen molar-refractivity contribution in [1.82, 2.24) is 4.90 Å². The monoisotopic (exact) mass is 219 g/mol. The molecule has 1 aromatic rings. The number of benzene rings is 1. The zero-order chi connectivity index (χ0) is 12.0. The second-order valence-corrected chi connectivity index (χ2v) is 4.39. The van der Waals surface area contributed by atoms with E-state index >= 15 is 0 Å². The molecule has 0 heterocycles. The number of carbonyl (C=O) groups excluding carboxylic acids is 1. The third-order valence-corrected chi connectivity index (χ3v) is 3.02. The highest BCUT2D eigenvalue weighted by atomic mass is 16.2. The fourth-order valence-electron chi connectivity index (χ4n) is 1.52. The molecule has 0 saturated carbocycles. The summed E-state index contributed by atoms with van der Waals surface area (Å²) in [5, 5.41) is 0. The van der Waals surface area contributed by atoms with E-state index in [0.717, 1.165) is 18.5 Å². The Hall–Kier alpha value is -1.31. The number of hydrogen-bond acceptors (Lipinski definition) is 1. The molecule has 0 fully saturated rings. The van der Waals surface area contributed by atoms with E-state index in [4.69, 9.17) is 0 Å². The van der Waals surface area contributed by atoms with Crippen molar-refractivity contribution in [3.8, 4) is 0 Å². The summed E-state index contributed by atoms with van der Waals surface area (Å²) < 4.78 is 0. The summed E-state index contributed by atoms with van der Waals surface area (Å²) in [5.41, 5.74) is 0.772. The van der Waals surface area contributed by atoms with Crippen LogP contribution in [0.25, 0.3) is 0 Å². The zero-order valence-corrected chi connectivity index (χ0v) is 10.4. The Bertz CT molecular complexity index is 321. The van der Waals surface area contributed by atoms with Gasteiger partial charge in [0.2, 0.25) is 0 Å². The summed E-state index contributed by atoms with van der Waals surface area (Å²) in [7, 11) is 1.87. The molecule has 16 heavy (non-hydrogen) atoms. The Morgan fingerprint density at radius 2 is 1.94 bits per heavy atom. The molecule has 1 rings (SSSR count). The maximum Gasteiger partial charge on any atom is 0.253 e. The summed E-state index contributed by atoms with van der Waals surface area (Å²) in [6.45, 7) is 5.24. The van der Waals surface area contributed by atoms with Gasteiger partial charge in [-0.25, -0.2) is 0 Å². The Morgan fingerprint density at radius 3 is 2.50 bits per heavy atom. The smallest absolute Gasteiger partial charge is 0.253 e. The van der Waals surface area contributed by atoms with Gasteiger partial charge >= 0.3 is 0 Å². The Labute approximate surface area is 98.3 Å². The van der Waals surface area contributed by atoms with Gasteiger partial charge in [-0.05, 0) is 24.5 Å². The molecule has 0 aliphatic rings. The summed E-state index contributed by atoms with van der Waals surface area (Å²) in [6, 6.07) is 9.45. The largest absolute Gasteiger partial charge is 0.342 e. The van der Waals surface area contributed by atoms with Gasteiger partial charge < -0.3 is 4.90 Å². The van der Waals surface area contributed by atoms with Gasteiger partial charge in [0.05, 0.1) is 0 Å². The summed E-state index contributed by atoms with van der Waals surface area (Å²) in [4.78, 5) is 13.8. The molecule has 1 amide bonds. The van der Waals surface area contributed by atoms with Gasteiger partial charge in [0.1, 0.15) is 0 Å². The van der Waals surface area contributed by atoms with Crippen molar-refractivity contribution < 1.29 is 4.79 Å². The molecule has 2 heteroatoms. The minimum absolute atomic E-state index is 0.115. The van der Waals surface area contributed by atoms with E-state index in [-0.39, 0.29) is 5.91 Å². The van der Waals surface area contributed by atoms with E-state index < -0.39 is 0 Å². The van der Waals surface area contributed by atoms with Crippen molar-refractivity contribution in [2.45, 2.75) is 26.7 Å². The van der Waals surface area contributed by atoms with Crippen LogP contribution in [0.3, 0.4) is 0 Å². The Kier molecular flexibility index (Phi) is 5.03. The SMILES string of the molecule is CCC(C)CCN(C)C(=O)c1ccccc1. The molecule has 1 aromatic carbocycles. The number of amides is 1. The van der Waals surface area contributed by atoms with Crippen molar-refractivity contribution in [3.63, 3.8) is 0 Å². The first-order chi connectivity index (χ1) is 7.65. The van der Waals surface area contributed by atoms with Crippen molar-refractivity contribution in [3.05, 3.63) is 35.9 Å². The molecule has 0 radical (unpaired) electrons. The van der Waals surface area contributed by atoms with Crippen LogP contribution in [0.15, 0.2) is 30.3 Å². The molecule has 88 valence electrons. The van der Waals surface area contributed by atoms with Crippen LogP contribution in [0.2, 0.25) is 0 Å². The fraction of sp³-hybridized carbons (Fsp3) is 0.500. The second kappa shape index (κ2) is 6.31. The van der Waals surface area contributed by atoms with Gasteiger partial charge in [-0.1, -0.05) is 38.5 Å². The van der Waals surface area contributed by atoms with Gasteiger partial charge in [-0.2, -0.15) is 0 Å². The lowest BCUT2D eigenvalue weighted by Crippen LogP contribution is -2.28. The quantitative estimate of drug-likeness (QED) is 0.744. The number of carbonyl (C=O) groups is 1. The maximum absolute atomic E-state index is 12.0. The lowest BCUT2D eigenvalue weighted by atomic mass is 10.1. The lowest BCUT2D eigenvalue weighted by molar-refractivity contribution is 0.0788. The first kappa shape index (κ1) is 12.8. The molecule has 0 spiro atoms. The minimum atomic E-state index is 0.115. The van der Waals surface area contributed by atoms with Gasteiger partial charge in [-0.15, -0.1) is 0 Å². The molecule has 0 N–H and O–H groups in total. The molecule has 1 unspecified atom stereocenters. The van der Waals surface area contributed by atoms with Gasteiger partial charge in [0.15, 0.2) is 0 Å². The predicted molar refractivity (Wildman–Crippen MR) is 67.5 cm³/mol. The molecule has 0 aliphatic carbocycles. The van der Waals surface area contributed by atoms with Crippen molar-refractivity contribution in [2.75, 3.05) is 13.6 Å². The van der Waals surface area contributed by atoms with E-state index in [0.29, 0.717) is 5.92 Å². The van der Waals surface area contributed by atoms with Crippen LogP contribution in [0.4, 0.5) is 0 Å². The van der Waals surface area contributed by atoms with Crippen molar-refractivity contribution >= 4 is 5.91 Å². The fourth-order valence-corrected chi connectivity index (χ4v) is 1.52. The molecule has 1 atom stereocenters. The summed E-state index contributed by atoms with van der Waals surface area (Å²) >= 11 is 0. The maximum atomic E-state index is 12.0. The third-order valence-electron chi connectivity index (χ3n) is 3.02. The van der Waals surface area contributed by atoms with Crippen LogP contribution in [-0.2, 0) is 0 Å². The van der Waals surface area contributed by atoms with Crippen LogP contribution in [0.1, 0.15) is 37.0 Å². The Balaban J connectivity index is 2.49.